The number of nitrogens with zero attached hydrogens (tertiary/aromatic N) is 4. The number of benzene rings is 2. The average molecular weight is 460 g/mol. The smallest absolute Gasteiger partial charge is 0.272 e. The molecule has 2 aromatic carbocycles. The van der Waals surface area contributed by atoms with Gasteiger partial charge in [-0.05, 0) is 55.8 Å². The molecule has 1 fully saturated rings. The topological polar surface area (TPSA) is 80.2 Å². The zero-order chi connectivity index (χ0) is 22.6. The number of methoxy groups -OCH3 is 1. The van der Waals surface area contributed by atoms with Gasteiger partial charge in [-0.25, -0.2) is 15.0 Å². The van der Waals surface area contributed by atoms with E-state index in [2.05, 4.69) is 37.3 Å². The normalized spacial score (nSPS) is 14.9. The third-order valence-electron chi connectivity index (χ3n) is 5.95. The zero-order valence-corrected chi connectivity index (χ0v) is 19.2. The van der Waals surface area contributed by atoms with Crippen LogP contribution in [0.25, 0.3) is 20.9 Å². The number of carbonyl (C=O) groups excluding carboxylic acids is 1. The van der Waals surface area contributed by atoms with E-state index in [1.807, 2.05) is 36.4 Å². The first-order valence-corrected chi connectivity index (χ1v) is 11.9. The van der Waals surface area contributed by atoms with Gasteiger partial charge in [-0.2, -0.15) is 0 Å². The van der Waals surface area contributed by atoms with E-state index in [1.165, 1.54) is 24.2 Å². The van der Waals surface area contributed by atoms with Crippen LogP contribution < -0.4 is 10.1 Å². The number of thiazole rings is 1. The maximum atomic E-state index is 13.2. The Hall–Kier alpha value is -3.36. The monoisotopic (exact) mass is 459 g/mol. The number of hydrogen-bond donors (Lipinski definition) is 1. The highest BCUT2D eigenvalue weighted by Crippen LogP contribution is 2.30. The number of aromatic nitrogens is 3. The Morgan fingerprint density at radius 2 is 1.85 bits per heavy atom. The third-order valence-corrected chi connectivity index (χ3v) is 6.99. The molecule has 1 aliphatic heterocycles. The summed E-state index contributed by atoms with van der Waals surface area (Å²) in [4.78, 5) is 29.1. The summed E-state index contributed by atoms with van der Waals surface area (Å²) in [5.74, 6) is 0.582. The summed E-state index contributed by atoms with van der Waals surface area (Å²) in [5, 5.41) is 3.80. The van der Waals surface area contributed by atoms with Crippen molar-refractivity contribution in [1.29, 1.82) is 0 Å². The Kier molecular flexibility index (Phi) is 6.28. The van der Waals surface area contributed by atoms with Crippen LogP contribution in [0.1, 0.15) is 34.9 Å². The standard InChI is InChI=1S/C25H25N5O2S/c1-32-18-10-8-17(9-11-18)20(30-14-4-5-15-30)16-28-24(31)22-23(27-13-12-26-22)25-29-19-6-2-3-7-21(19)33-25/h2-3,6-13,20H,4-5,14-16H2,1H3,(H,28,31)/t20-/m1/s1. The van der Waals surface area contributed by atoms with Gasteiger partial charge in [0.25, 0.3) is 5.91 Å². The maximum Gasteiger partial charge on any atom is 0.272 e. The van der Waals surface area contributed by atoms with Gasteiger partial charge < -0.3 is 10.1 Å². The molecule has 8 heteroatoms. The fourth-order valence-electron chi connectivity index (χ4n) is 4.24. The molecule has 1 saturated heterocycles. The van der Waals surface area contributed by atoms with Crippen LogP contribution in [0, 0.1) is 0 Å². The second-order valence-corrected chi connectivity index (χ2v) is 9.01. The Labute approximate surface area is 196 Å². The predicted octanol–water partition coefficient (Wildman–Crippen LogP) is 4.33. The summed E-state index contributed by atoms with van der Waals surface area (Å²) in [7, 11) is 1.66. The molecule has 7 nitrogen and oxygen atoms in total. The lowest BCUT2D eigenvalue weighted by Gasteiger charge is -2.28. The molecule has 33 heavy (non-hydrogen) atoms. The number of nitrogens with one attached hydrogen (secondary N) is 1. The molecule has 1 aliphatic rings. The first kappa shape index (κ1) is 21.5. The highest BCUT2D eigenvalue weighted by molar-refractivity contribution is 7.21. The lowest BCUT2D eigenvalue weighted by Crippen LogP contribution is -2.37. The minimum atomic E-state index is -0.241. The second-order valence-electron chi connectivity index (χ2n) is 7.98. The Morgan fingerprint density at radius 3 is 2.61 bits per heavy atom. The molecule has 1 atom stereocenters. The lowest BCUT2D eigenvalue weighted by molar-refractivity contribution is 0.0933. The molecule has 0 spiro atoms. The van der Waals surface area contributed by atoms with Crippen molar-refractivity contribution in [3.63, 3.8) is 0 Å². The van der Waals surface area contributed by atoms with E-state index in [1.54, 1.807) is 19.5 Å². The van der Waals surface area contributed by atoms with E-state index in [0.717, 1.165) is 34.6 Å². The van der Waals surface area contributed by atoms with Crippen LogP contribution in [-0.2, 0) is 0 Å². The number of rotatable bonds is 7. The summed E-state index contributed by atoms with van der Waals surface area (Å²) in [5.41, 5.74) is 2.86. The lowest BCUT2D eigenvalue weighted by atomic mass is 10.0. The Balaban J connectivity index is 1.38. The second kappa shape index (κ2) is 9.64. The van der Waals surface area contributed by atoms with Crippen molar-refractivity contribution in [3.05, 3.63) is 72.2 Å². The minimum Gasteiger partial charge on any atom is -0.497 e. The zero-order valence-electron chi connectivity index (χ0n) is 18.4. The maximum absolute atomic E-state index is 13.2. The van der Waals surface area contributed by atoms with Gasteiger partial charge in [0.2, 0.25) is 0 Å². The SMILES string of the molecule is COc1ccc([C@@H](CNC(=O)c2nccnc2-c2nc3ccccc3s2)N2CCCC2)cc1. The number of amides is 1. The predicted molar refractivity (Wildman–Crippen MR) is 130 cm³/mol. The number of hydrogen-bond acceptors (Lipinski definition) is 7. The van der Waals surface area contributed by atoms with Crippen molar-refractivity contribution in [2.75, 3.05) is 26.7 Å². The van der Waals surface area contributed by atoms with Gasteiger partial charge in [0.15, 0.2) is 5.69 Å². The van der Waals surface area contributed by atoms with Crippen molar-refractivity contribution >= 4 is 27.5 Å². The Bertz CT molecular complexity index is 1220. The quantitative estimate of drug-likeness (QED) is 0.443. The molecule has 0 radical (unpaired) electrons. The Morgan fingerprint density at radius 1 is 1.09 bits per heavy atom. The molecule has 5 rings (SSSR count). The number of para-hydroxylation sites is 1. The summed E-state index contributed by atoms with van der Waals surface area (Å²) >= 11 is 1.51. The molecule has 0 saturated carbocycles. The first-order valence-electron chi connectivity index (χ1n) is 11.1. The number of likely N-dealkylation sites (tertiary alicyclic amines) is 1. The van der Waals surface area contributed by atoms with E-state index in [4.69, 9.17) is 4.74 Å². The molecule has 1 N–H and O–H groups in total. The van der Waals surface area contributed by atoms with Gasteiger partial charge in [-0.1, -0.05) is 24.3 Å². The minimum absolute atomic E-state index is 0.0879. The van der Waals surface area contributed by atoms with Crippen molar-refractivity contribution < 1.29 is 9.53 Å². The van der Waals surface area contributed by atoms with Crippen LogP contribution in [0.4, 0.5) is 0 Å². The molecule has 0 aliphatic carbocycles. The van der Waals surface area contributed by atoms with Crippen molar-refractivity contribution in [2.45, 2.75) is 18.9 Å². The van der Waals surface area contributed by atoms with Crippen LogP contribution in [0.3, 0.4) is 0 Å². The van der Waals surface area contributed by atoms with Gasteiger partial charge in [-0.15, -0.1) is 11.3 Å². The molecule has 4 aromatic rings. The number of fused-ring (bicyclic) bond motifs is 1. The highest BCUT2D eigenvalue weighted by Gasteiger charge is 2.25. The fourth-order valence-corrected chi connectivity index (χ4v) is 5.21. The molecular formula is C25H25N5O2S. The average Bonchev–Trinajstić information content (AvgIpc) is 3.55. The largest absolute Gasteiger partial charge is 0.497 e. The van der Waals surface area contributed by atoms with Crippen LogP contribution in [0.5, 0.6) is 5.75 Å². The summed E-state index contributed by atoms with van der Waals surface area (Å²) in [6.45, 7) is 2.53. The fraction of sp³-hybridized carbons (Fsp3) is 0.280. The van der Waals surface area contributed by atoms with Crippen molar-refractivity contribution in [1.82, 2.24) is 25.2 Å². The van der Waals surface area contributed by atoms with E-state index in [9.17, 15) is 4.79 Å². The molecule has 1 amide bonds. The van der Waals surface area contributed by atoms with Crippen molar-refractivity contribution in [2.24, 2.45) is 0 Å². The van der Waals surface area contributed by atoms with E-state index < -0.39 is 0 Å². The van der Waals surface area contributed by atoms with Gasteiger partial charge in [0.1, 0.15) is 16.5 Å². The number of ether oxygens (including phenoxy) is 1. The molecule has 2 aromatic heterocycles. The molecule has 3 heterocycles. The van der Waals surface area contributed by atoms with Crippen LogP contribution in [0.2, 0.25) is 0 Å². The van der Waals surface area contributed by atoms with Crippen LogP contribution in [0.15, 0.2) is 60.9 Å². The van der Waals surface area contributed by atoms with E-state index >= 15 is 0 Å². The molecule has 168 valence electrons. The molecule has 0 unspecified atom stereocenters. The summed E-state index contributed by atoms with van der Waals surface area (Å²) in [6, 6.07) is 16.1. The van der Waals surface area contributed by atoms with E-state index in [0.29, 0.717) is 22.9 Å². The van der Waals surface area contributed by atoms with Gasteiger partial charge in [0, 0.05) is 18.9 Å². The third kappa shape index (κ3) is 4.58. The van der Waals surface area contributed by atoms with E-state index in [-0.39, 0.29) is 11.9 Å². The van der Waals surface area contributed by atoms with Gasteiger partial charge >= 0.3 is 0 Å². The van der Waals surface area contributed by atoms with Gasteiger partial charge in [0.05, 0.1) is 23.4 Å². The van der Waals surface area contributed by atoms with Crippen LogP contribution in [-0.4, -0.2) is 52.5 Å². The molecule has 0 bridgehead atoms. The van der Waals surface area contributed by atoms with Crippen molar-refractivity contribution in [3.8, 4) is 16.5 Å². The van der Waals surface area contributed by atoms with Crippen LogP contribution >= 0.6 is 11.3 Å². The summed E-state index contributed by atoms with van der Waals surface area (Å²) in [6.07, 6.45) is 5.49. The first-order chi connectivity index (χ1) is 16.2. The number of carbonyl (C=O) groups is 1. The molecular weight excluding hydrogens is 434 g/mol. The van der Waals surface area contributed by atoms with Gasteiger partial charge in [-0.3, -0.25) is 9.69 Å². The summed E-state index contributed by atoms with van der Waals surface area (Å²) < 4.78 is 6.36. The highest BCUT2D eigenvalue weighted by atomic mass is 32.1.